The van der Waals surface area contributed by atoms with Crippen molar-refractivity contribution in [2.24, 2.45) is 5.14 Å². The molecule has 0 aliphatic heterocycles. The van der Waals surface area contributed by atoms with Crippen LogP contribution in [-0.2, 0) is 10.0 Å². The molecule has 0 radical (unpaired) electrons. The largest absolute Gasteiger partial charge is 0.345 e. The monoisotopic (exact) mass is 288 g/mol. The summed E-state index contributed by atoms with van der Waals surface area (Å²) in [4.78, 5) is 11.9. The van der Waals surface area contributed by atoms with Gasteiger partial charge in [0.15, 0.2) is 5.69 Å². The van der Waals surface area contributed by atoms with E-state index < -0.39 is 21.5 Å². The average molecular weight is 288 g/mol. The maximum absolute atomic E-state index is 12.1. The van der Waals surface area contributed by atoms with Gasteiger partial charge in [-0.05, 0) is 26.7 Å². The van der Waals surface area contributed by atoms with Crippen molar-refractivity contribution in [2.45, 2.75) is 51.0 Å². The molecule has 0 atom stereocenters. The van der Waals surface area contributed by atoms with Gasteiger partial charge in [0.2, 0.25) is 10.0 Å². The van der Waals surface area contributed by atoms with Crippen molar-refractivity contribution in [3.63, 3.8) is 0 Å². The molecule has 0 aromatic carbocycles. The molecule has 0 bridgehead atoms. The number of primary sulfonamides is 1. The second kappa shape index (κ2) is 5.30. The molecule has 0 saturated carbocycles. The summed E-state index contributed by atoms with van der Waals surface area (Å²) in [5.74, 6) is -0.542. The first-order chi connectivity index (χ1) is 8.64. The summed E-state index contributed by atoms with van der Waals surface area (Å²) in [6.45, 7) is 7.28. The molecule has 4 N–H and O–H groups in total. The van der Waals surface area contributed by atoms with E-state index in [1.165, 1.54) is 6.92 Å². The van der Waals surface area contributed by atoms with E-state index in [1.807, 2.05) is 20.8 Å². The van der Waals surface area contributed by atoms with Crippen LogP contribution in [0, 0.1) is 6.92 Å². The summed E-state index contributed by atoms with van der Waals surface area (Å²) >= 11 is 0. The van der Waals surface area contributed by atoms with Gasteiger partial charge in [-0.3, -0.25) is 9.89 Å². The first-order valence-corrected chi connectivity index (χ1v) is 7.59. The molecule has 7 nitrogen and oxygen atoms in total. The third kappa shape index (κ3) is 3.32. The van der Waals surface area contributed by atoms with Crippen molar-refractivity contribution < 1.29 is 13.2 Å². The lowest BCUT2D eigenvalue weighted by Crippen LogP contribution is -2.45. The Kier molecular flexibility index (Phi) is 4.36. The minimum atomic E-state index is -3.99. The van der Waals surface area contributed by atoms with Crippen LogP contribution in [0.15, 0.2) is 4.90 Å². The summed E-state index contributed by atoms with van der Waals surface area (Å²) in [7, 11) is -3.99. The summed E-state index contributed by atoms with van der Waals surface area (Å²) in [6, 6.07) is 0. The smallest absolute Gasteiger partial charge is 0.273 e. The van der Waals surface area contributed by atoms with Crippen molar-refractivity contribution in [3.05, 3.63) is 11.4 Å². The van der Waals surface area contributed by atoms with Crippen LogP contribution in [0.3, 0.4) is 0 Å². The fraction of sp³-hybridized carbons (Fsp3) is 0.636. The maximum Gasteiger partial charge on any atom is 0.273 e. The Morgan fingerprint density at radius 2 is 1.95 bits per heavy atom. The number of carbonyl (C=O) groups is 1. The molecule has 1 aromatic heterocycles. The molecule has 1 rings (SSSR count). The van der Waals surface area contributed by atoms with Gasteiger partial charge in [-0.15, -0.1) is 0 Å². The van der Waals surface area contributed by atoms with Gasteiger partial charge in [-0.2, -0.15) is 5.10 Å². The van der Waals surface area contributed by atoms with Crippen LogP contribution in [0.4, 0.5) is 0 Å². The lowest BCUT2D eigenvalue weighted by Gasteiger charge is -2.27. The van der Waals surface area contributed by atoms with Gasteiger partial charge in [-0.25, -0.2) is 13.6 Å². The Morgan fingerprint density at radius 1 is 1.42 bits per heavy atom. The van der Waals surface area contributed by atoms with E-state index in [0.29, 0.717) is 0 Å². The van der Waals surface area contributed by atoms with Crippen LogP contribution in [0.1, 0.15) is 49.8 Å². The number of carbonyl (C=O) groups excluding carboxylic acids is 1. The van der Waals surface area contributed by atoms with Crippen molar-refractivity contribution in [3.8, 4) is 0 Å². The second-order valence-corrected chi connectivity index (χ2v) is 6.29. The summed E-state index contributed by atoms with van der Waals surface area (Å²) in [5, 5.41) is 14.1. The van der Waals surface area contributed by atoms with E-state index in [2.05, 4.69) is 15.5 Å². The molecule has 0 aliphatic carbocycles. The highest BCUT2D eigenvalue weighted by atomic mass is 32.2. The van der Waals surface area contributed by atoms with Crippen LogP contribution in [0.5, 0.6) is 0 Å². The molecule has 0 saturated heterocycles. The van der Waals surface area contributed by atoms with E-state index in [1.54, 1.807) is 0 Å². The predicted octanol–water partition coefficient (Wildman–Crippen LogP) is 0.674. The Labute approximate surface area is 113 Å². The molecule has 0 fully saturated rings. The Balaban J connectivity index is 3.16. The quantitative estimate of drug-likeness (QED) is 0.738. The summed E-state index contributed by atoms with van der Waals surface area (Å²) in [5.41, 5.74) is -0.338. The molecule has 0 spiro atoms. The molecule has 0 aliphatic rings. The molecule has 1 amide bonds. The molecule has 19 heavy (non-hydrogen) atoms. The van der Waals surface area contributed by atoms with Crippen LogP contribution >= 0.6 is 0 Å². The van der Waals surface area contributed by atoms with E-state index in [-0.39, 0.29) is 16.3 Å². The zero-order chi connectivity index (χ0) is 14.8. The van der Waals surface area contributed by atoms with Crippen molar-refractivity contribution >= 4 is 15.9 Å². The highest BCUT2D eigenvalue weighted by molar-refractivity contribution is 7.89. The van der Waals surface area contributed by atoms with Gasteiger partial charge < -0.3 is 5.32 Å². The third-order valence-electron chi connectivity index (χ3n) is 3.37. The number of nitrogens with zero attached hydrogens (tertiary/aromatic N) is 1. The van der Waals surface area contributed by atoms with Gasteiger partial charge in [0, 0.05) is 5.54 Å². The number of sulfonamides is 1. The van der Waals surface area contributed by atoms with Gasteiger partial charge >= 0.3 is 0 Å². The molecule has 1 aromatic rings. The van der Waals surface area contributed by atoms with E-state index >= 15 is 0 Å². The number of aryl methyl sites for hydroxylation is 1. The predicted molar refractivity (Wildman–Crippen MR) is 71.2 cm³/mol. The maximum atomic E-state index is 12.1. The fourth-order valence-corrected chi connectivity index (χ4v) is 2.56. The molecular formula is C11H20N4O3S. The zero-order valence-electron chi connectivity index (χ0n) is 11.6. The second-order valence-electron chi connectivity index (χ2n) is 4.79. The topological polar surface area (TPSA) is 118 Å². The molecule has 8 heteroatoms. The molecular weight excluding hydrogens is 268 g/mol. The summed E-state index contributed by atoms with van der Waals surface area (Å²) in [6.07, 6.45) is 1.45. The van der Waals surface area contributed by atoms with Crippen molar-refractivity contribution in [1.82, 2.24) is 15.5 Å². The Bertz CT molecular complexity index is 573. The Hall–Kier alpha value is -1.41. The molecule has 108 valence electrons. The number of aromatic nitrogens is 2. The highest BCUT2D eigenvalue weighted by Gasteiger charge is 2.29. The van der Waals surface area contributed by atoms with Gasteiger partial charge in [0.05, 0.1) is 5.69 Å². The number of hydrogen-bond donors (Lipinski definition) is 3. The average Bonchev–Trinajstić information content (AvgIpc) is 2.70. The first kappa shape index (κ1) is 15.6. The number of nitrogens with one attached hydrogen (secondary N) is 2. The van der Waals surface area contributed by atoms with E-state index in [0.717, 1.165) is 12.8 Å². The van der Waals surface area contributed by atoms with Crippen LogP contribution in [0.25, 0.3) is 0 Å². The number of hydrogen-bond acceptors (Lipinski definition) is 4. The Morgan fingerprint density at radius 3 is 2.37 bits per heavy atom. The normalized spacial score (nSPS) is 12.5. The van der Waals surface area contributed by atoms with Gasteiger partial charge in [-0.1, -0.05) is 13.8 Å². The minimum absolute atomic E-state index is 0.187. The lowest BCUT2D eigenvalue weighted by atomic mass is 9.95. The SMILES string of the molecule is CCC(C)(CC)NC(=O)c1n[nH]c(C)c1S(N)(=O)=O. The standard InChI is InChI=1S/C11H20N4O3S/c1-5-11(4,6-2)13-10(16)8-9(19(12,17)18)7(3)14-15-8/h5-6H2,1-4H3,(H,13,16)(H,14,15)(H2,12,17,18). The third-order valence-corrected chi connectivity index (χ3v) is 4.44. The first-order valence-electron chi connectivity index (χ1n) is 6.05. The van der Waals surface area contributed by atoms with Gasteiger partial charge in [0.25, 0.3) is 5.91 Å². The van der Waals surface area contributed by atoms with Crippen LogP contribution in [-0.4, -0.2) is 30.1 Å². The van der Waals surface area contributed by atoms with Crippen molar-refractivity contribution in [2.75, 3.05) is 0 Å². The van der Waals surface area contributed by atoms with E-state index in [9.17, 15) is 13.2 Å². The van der Waals surface area contributed by atoms with Crippen LogP contribution < -0.4 is 10.5 Å². The number of aromatic amines is 1. The lowest BCUT2D eigenvalue weighted by molar-refractivity contribution is 0.0892. The number of nitrogens with two attached hydrogens (primary N) is 1. The number of rotatable bonds is 5. The van der Waals surface area contributed by atoms with Crippen LogP contribution in [0.2, 0.25) is 0 Å². The van der Waals surface area contributed by atoms with Crippen molar-refractivity contribution in [1.29, 1.82) is 0 Å². The number of H-pyrrole nitrogens is 1. The number of amides is 1. The fourth-order valence-electron chi connectivity index (χ4n) is 1.68. The highest BCUT2D eigenvalue weighted by Crippen LogP contribution is 2.19. The summed E-state index contributed by atoms with van der Waals surface area (Å²) < 4.78 is 23.0. The van der Waals surface area contributed by atoms with Gasteiger partial charge in [0.1, 0.15) is 4.90 Å². The molecule has 1 heterocycles. The van der Waals surface area contributed by atoms with E-state index in [4.69, 9.17) is 5.14 Å². The molecule has 0 unspecified atom stereocenters. The minimum Gasteiger partial charge on any atom is -0.345 e. The zero-order valence-corrected chi connectivity index (χ0v) is 12.4.